The molecule has 3 heteroatoms. The molecule has 0 N–H and O–H groups in total. The molecule has 0 radical (unpaired) electrons. The lowest BCUT2D eigenvalue weighted by Gasteiger charge is -2.14. The predicted octanol–water partition coefficient (Wildman–Crippen LogP) is 11.3. The molecule has 7 aromatic carbocycles. The van der Waals surface area contributed by atoms with E-state index in [0.717, 1.165) is 28.2 Å². The van der Waals surface area contributed by atoms with Gasteiger partial charge in [0, 0.05) is 27.2 Å². The van der Waals surface area contributed by atoms with Crippen LogP contribution in [0.2, 0.25) is 0 Å². The molecule has 0 saturated heterocycles. The number of para-hydroxylation sites is 6. The lowest BCUT2D eigenvalue weighted by atomic mass is 10.0. The summed E-state index contributed by atoms with van der Waals surface area (Å²) >= 11 is 0. The molecule has 0 saturated carbocycles. The Morgan fingerprint density at radius 3 is 1.51 bits per heavy atom. The topological polar surface area (TPSA) is 19.1 Å². The van der Waals surface area contributed by atoms with Crippen LogP contribution < -0.4 is 4.74 Å². The number of ether oxygens (including phenoxy) is 1. The van der Waals surface area contributed by atoms with E-state index < -0.39 is 0 Å². The van der Waals surface area contributed by atoms with Crippen molar-refractivity contribution >= 4 is 43.6 Å². The van der Waals surface area contributed by atoms with Crippen molar-refractivity contribution in [1.82, 2.24) is 9.13 Å². The lowest BCUT2D eigenvalue weighted by Crippen LogP contribution is -1.97. The molecule has 0 aliphatic heterocycles. The zero-order chi connectivity index (χ0) is 29.7. The second-order valence-electron chi connectivity index (χ2n) is 11.4. The van der Waals surface area contributed by atoms with E-state index in [1.54, 1.807) is 0 Å². The van der Waals surface area contributed by atoms with Gasteiger partial charge >= 0.3 is 0 Å². The summed E-state index contributed by atoms with van der Waals surface area (Å²) in [4.78, 5) is 0. The summed E-state index contributed by atoms with van der Waals surface area (Å²) in [6.07, 6.45) is 0. The van der Waals surface area contributed by atoms with E-state index in [2.05, 4.69) is 137 Å². The molecule has 9 aromatic rings. The molecular weight excluding hydrogens is 548 g/mol. The fourth-order valence-corrected chi connectivity index (χ4v) is 6.76. The first-order valence-corrected chi connectivity index (χ1v) is 15.3. The van der Waals surface area contributed by atoms with Gasteiger partial charge in [-0.1, -0.05) is 97.1 Å². The number of hydrogen-bond acceptors (Lipinski definition) is 1. The maximum absolute atomic E-state index is 6.41. The van der Waals surface area contributed by atoms with Crippen LogP contribution >= 0.6 is 0 Å². The van der Waals surface area contributed by atoms with E-state index in [1.165, 1.54) is 49.4 Å². The number of aromatic nitrogens is 2. The zero-order valence-electron chi connectivity index (χ0n) is 24.5. The van der Waals surface area contributed by atoms with Gasteiger partial charge in [-0.25, -0.2) is 0 Å². The van der Waals surface area contributed by atoms with E-state index in [-0.39, 0.29) is 0 Å². The molecule has 0 fully saturated rings. The Kier molecular flexibility index (Phi) is 5.82. The van der Waals surface area contributed by atoms with E-state index in [1.807, 2.05) is 42.5 Å². The molecule has 9 rings (SSSR count). The van der Waals surface area contributed by atoms with Crippen molar-refractivity contribution in [3.63, 3.8) is 0 Å². The van der Waals surface area contributed by atoms with Gasteiger partial charge in [0.25, 0.3) is 0 Å². The van der Waals surface area contributed by atoms with Gasteiger partial charge in [0.15, 0.2) is 5.75 Å². The average molecular weight is 577 g/mol. The monoisotopic (exact) mass is 576 g/mol. The van der Waals surface area contributed by atoms with Crippen LogP contribution in [0.25, 0.3) is 66.1 Å². The highest BCUT2D eigenvalue weighted by Crippen LogP contribution is 2.40. The number of fused-ring (bicyclic) bond motifs is 6. The number of hydrogen-bond donors (Lipinski definition) is 0. The minimum absolute atomic E-state index is 0.815. The Morgan fingerprint density at radius 1 is 0.356 bits per heavy atom. The van der Waals surface area contributed by atoms with Crippen molar-refractivity contribution in [2.75, 3.05) is 0 Å². The van der Waals surface area contributed by atoms with Crippen LogP contribution in [0.1, 0.15) is 0 Å². The molecule has 2 heterocycles. The van der Waals surface area contributed by atoms with Crippen LogP contribution in [0, 0.1) is 0 Å². The summed E-state index contributed by atoms with van der Waals surface area (Å²) in [5, 5.41) is 4.93. The quantitative estimate of drug-likeness (QED) is 0.199. The minimum Gasteiger partial charge on any atom is -0.455 e. The molecule has 0 unspecified atom stereocenters. The maximum atomic E-state index is 6.41. The molecule has 0 aliphatic carbocycles. The molecule has 0 bridgehead atoms. The third-order valence-electron chi connectivity index (χ3n) is 8.77. The second-order valence-corrected chi connectivity index (χ2v) is 11.4. The molecule has 2 aromatic heterocycles. The van der Waals surface area contributed by atoms with Crippen LogP contribution in [0.5, 0.6) is 11.5 Å². The molecule has 0 amide bonds. The van der Waals surface area contributed by atoms with Gasteiger partial charge in [-0.15, -0.1) is 0 Å². The highest BCUT2D eigenvalue weighted by molar-refractivity contribution is 6.12. The van der Waals surface area contributed by atoms with Crippen molar-refractivity contribution in [2.24, 2.45) is 0 Å². The second kappa shape index (κ2) is 10.3. The number of benzene rings is 7. The van der Waals surface area contributed by atoms with Gasteiger partial charge in [0.05, 0.1) is 27.8 Å². The standard InChI is InChI=1S/C42H28N2O/c1-3-13-31(14-4-1)43-37-19-9-7-17-33(37)35-27-29(23-25-39(35)43)30-24-26-40-36(28-30)34-18-8-10-20-38(34)44(40)41-21-11-12-22-42(41)45-32-15-5-2-6-16-32/h1-28H. The normalized spacial score (nSPS) is 11.6. The van der Waals surface area contributed by atoms with Crippen molar-refractivity contribution in [3.8, 4) is 34.0 Å². The maximum Gasteiger partial charge on any atom is 0.151 e. The van der Waals surface area contributed by atoms with Crippen LogP contribution in [0.3, 0.4) is 0 Å². The predicted molar refractivity (Wildman–Crippen MR) is 187 cm³/mol. The lowest BCUT2D eigenvalue weighted by molar-refractivity contribution is 0.480. The first-order valence-electron chi connectivity index (χ1n) is 15.3. The van der Waals surface area contributed by atoms with Crippen molar-refractivity contribution < 1.29 is 4.74 Å². The number of nitrogens with zero attached hydrogens (tertiary/aromatic N) is 2. The zero-order valence-corrected chi connectivity index (χ0v) is 24.5. The summed E-state index contributed by atoms with van der Waals surface area (Å²) in [5.74, 6) is 1.63. The fraction of sp³-hybridized carbons (Fsp3) is 0. The van der Waals surface area contributed by atoms with E-state index in [9.17, 15) is 0 Å². The van der Waals surface area contributed by atoms with Gasteiger partial charge in [0.1, 0.15) is 5.75 Å². The van der Waals surface area contributed by atoms with Crippen LogP contribution in [0.15, 0.2) is 170 Å². The van der Waals surface area contributed by atoms with Crippen molar-refractivity contribution in [2.45, 2.75) is 0 Å². The van der Waals surface area contributed by atoms with Crippen LogP contribution in [-0.2, 0) is 0 Å². The molecule has 3 nitrogen and oxygen atoms in total. The molecular formula is C42H28N2O. The first kappa shape index (κ1) is 25.4. The largest absolute Gasteiger partial charge is 0.455 e. The Hall–Kier alpha value is -6.06. The summed E-state index contributed by atoms with van der Waals surface area (Å²) in [6.45, 7) is 0. The SMILES string of the molecule is c1ccc(Oc2ccccc2-n2c3ccccc3c3cc(-c4ccc5c(c4)c4ccccc4n5-c4ccccc4)ccc32)cc1. The van der Waals surface area contributed by atoms with Crippen molar-refractivity contribution in [3.05, 3.63) is 170 Å². The summed E-state index contributed by atoms with van der Waals surface area (Å²) in [7, 11) is 0. The Balaban J connectivity index is 1.22. The van der Waals surface area contributed by atoms with Gasteiger partial charge in [-0.3, -0.25) is 0 Å². The van der Waals surface area contributed by atoms with Crippen molar-refractivity contribution in [1.29, 1.82) is 0 Å². The minimum atomic E-state index is 0.815. The van der Waals surface area contributed by atoms with E-state index in [4.69, 9.17) is 4.74 Å². The highest BCUT2D eigenvalue weighted by atomic mass is 16.5. The fourth-order valence-electron chi connectivity index (χ4n) is 6.76. The highest BCUT2D eigenvalue weighted by Gasteiger charge is 2.17. The van der Waals surface area contributed by atoms with E-state index >= 15 is 0 Å². The van der Waals surface area contributed by atoms with Crippen LogP contribution in [-0.4, -0.2) is 9.13 Å². The van der Waals surface area contributed by atoms with Gasteiger partial charge in [0.2, 0.25) is 0 Å². The van der Waals surface area contributed by atoms with E-state index in [0.29, 0.717) is 0 Å². The summed E-state index contributed by atoms with van der Waals surface area (Å²) in [6, 6.07) is 59.9. The molecule has 0 atom stereocenters. The van der Waals surface area contributed by atoms with Gasteiger partial charge in [-0.2, -0.15) is 0 Å². The molecule has 212 valence electrons. The third-order valence-corrected chi connectivity index (χ3v) is 8.77. The smallest absolute Gasteiger partial charge is 0.151 e. The molecule has 0 spiro atoms. The summed E-state index contributed by atoms with van der Waals surface area (Å²) in [5.41, 5.74) is 9.28. The van der Waals surface area contributed by atoms with Crippen LogP contribution in [0.4, 0.5) is 0 Å². The Labute approximate surface area is 260 Å². The number of rotatable bonds is 5. The first-order chi connectivity index (χ1) is 22.3. The Bertz CT molecular complexity index is 2510. The third kappa shape index (κ3) is 4.13. The molecule has 45 heavy (non-hydrogen) atoms. The van der Waals surface area contributed by atoms with Gasteiger partial charge in [-0.05, 0) is 83.9 Å². The summed E-state index contributed by atoms with van der Waals surface area (Å²) < 4.78 is 11.1. The molecule has 0 aliphatic rings. The Morgan fingerprint density at radius 2 is 0.844 bits per heavy atom. The van der Waals surface area contributed by atoms with Gasteiger partial charge < -0.3 is 13.9 Å². The average Bonchev–Trinajstić information content (AvgIpc) is 3.61.